The van der Waals surface area contributed by atoms with Crippen LogP contribution in [-0.4, -0.2) is 75.2 Å². The van der Waals surface area contributed by atoms with Gasteiger partial charge in [-0.05, 0) is 24.3 Å². The Labute approximate surface area is 158 Å². The predicted octanol–water partition coefficient (Wildman–Crippen LogP) is 0.608. The molecule has 1 fully saturated rings. The fourth-order valence-electron chi connectivity index (χ4n) is 3.05. The van der Waals surface area contributed by atoms with E-state index in [2.05, 4.69) is 20.5 Å². The van der Waals surface area contributed by atoms with Crippen molar-refractivity contribution >= 4 is 28.2 Å². The third-order valence-corrected chi connectivity index (χ3v) is 4.32. The van der Waals surface area contributed by atoms with Crippen LogP contribution in [0.1, 0.15) is 0 Å². The number of nitrogens with zero attached hydrogens (tertiary/aromatic N) is 2. The Morgan fingerprint density at radius 1 is 1.26 bits per heavy atom. The van der Waals surface area contributed by atoms with Crippen molar-refractivity contribution in [3.63, 3.8) is 0 Å². The largest absolute Gasteiger partial charge is 0.394 e. The van der Waals surface area contributed by atoms with E-state index >= 15 is 0 Å². The van der Waals surface area contributed by atoms with Crippen molar-refractivity contribution in [1.82, 2.24) is 10.3 Å². The van der Waals surface area contributed by atoms with Crippen LogP contribution in [0.5, 0.6) is 0 Å². The number of pyridine rings is 1. The lowest BCUT2D eigenvalue weighted by Gasteiger charge is -2.30. The highest BCUT2D eigenvalue weighted by molar-refractivity contribution is 6.05. The van der Waals surface area contributed by atoms with Gasteiger partial charge < -0.3 is 30.1 Å². The van der Waals surface area contributed by atoms with E-state index in [1.54, 1.807) is 6.20 Å². The number of nitrogens with one attached hydrogen (secondary N) is 2. The van der Waals surface area contributed by atoms with Gasteiger partial charge in [0.15, 0.2) is 0 Å². The molecule has 0 spiro atoms. The smallest absolute Gasteiger partial charge is 0.238 e. The van der Waals surface area contributed by atoms with E-state index in [1.165, 1.54) is 0 Å². The molecule has 1 aromatic carbocycles. The van der Waals surface area contributed by atoms with Crippen molar-refractivity contribution in [3.8, 4) is 0 Å². The first-order valence-corrected chi connectivity index (χ1v) is 9.19. The van der Waals surface area contributed by atoms with Crippen molar-refractivity contribution in [2.24, 2.45) is 0 Å². The Balaban J connectivity index is 1.64. The lowest BCUT2D eigenvalue weighted by Crippen LogP contribution is -2.36. The van der Waals surface area contributed by atoms with E-state index in [4.69, 9.17) is 14.6 Å². The lowest BCUT2D eigenvalue weighted by atomic mass is 10.1. The number of hydrogen-bond acceptors (Lipinski definition) is 7. The second kappa shape index (κ2) is 10.2. The molecule has 8 nitrogen and oxygen atoms in total. The van der Waals surface area contributed by atoms with Gasteiger partial charge in [0, 0.05) is 36.9 Å². The van der Waals surface area contributed by atoms with E-state index in [0.717, 1.165) is 29.7 Å². The molecule has 146 valence electrons. The molecule has 2 aromatic rings. The number of carbonyl (C=O) groups excluding carboxylic acids is 1. The quantitative estimate of drug-likeness (QED) is 0.554. The summed E-state index contributed by atoms with van der Waals surface area (Å²) < 4.78 is 10.6. The molecule has 0 atom stereocenters. The topological polar surface area (TPSA) is 96.0 Å². The molecule has 0 saturated carbocycles. The standard InChI is InChI=1S/C19H26N4O4/c24-9-13-26-10-6-20-14-18(25)22-16-3-4-17(23-7-11-27-12-8-23)15-2-1-5-21-19(15)16/h1-5,20,24H,6-14H2,(H,22,25). The highest BCUT2D eigenvalue weighted by Gasteiger charge is 2.16. The number of ether oxygens (including phenoxy) is 2. The van der Waals surface area contributed by atoms with E-state index in [1.807, 2.05) is 24.3 Å². The Bertz CT molecular complexity index is 750. The second-order valence-corrected chi connectivity index (χ2v) is 6.19. The maximum atomic E-state index is 12.2. The van der Waals surface area contributed by atoms with Gasteiger partial charge in [-0.3, -0.25) is 9.78 Å². The summed E-state index contributed by atoms with van der Waals surface area (Å²) in [6.45, 7) is 4.61. The van der Waals surface area contributed by atoms with Crippen LogP contribution >= 0.6 is 0 Å². The Morgan fingerprint density at radius 3 is 2.93 bits per heavy atom. The number of anilines is 2. The van der Waals surface area contributed by atoms with Crippen LogP contribution in [-0.2, 0) is 14.3 Å². The molecule has 0 aliphatic carbocycles. The van der Waals surface area contributed by atoms with E-state index < -0.39 is 0 Å². The first kappa shape index (κ1) is 19.5. The maximum absolute atomic E-state index is 12.2. The van der Waals surface area contributed by atoms with Gasteiger partial charge in [0.2, 0.25) is 5.91 Å². The summed E-state index contributed by atoms with van der Waals surface area (Å²) in [5, 5.41) is 15.6. The van der Waals surface area contributed by atoms with Gasteiger partial charge >= 0.3 is 0 Å². The zero-order valence-electron chi connectivity index (χ0n) is 15.3. The van der Waals surface area contributed by atoms with Crippen LogP contribution in [0.25, 0.3) is 10.9 Å². The number of rotatable bonds is 9. The van der Waals surface area contributed by atoms with Gasteiger partial charge in [-0.25, -0.2) is 0 Å². The summed E-state index contributed by atoms with van der Waals surface area (Å²) in [7, 11) is 0. The summed E-state index contributed by atoms with van der Waals surface area (Å²) in [4.78, 5) is 19.0. The zero-order valence-corrected chi connectivity index (χ0v) is 15.3. The molecule has 0 radical (unpaired) electrons. The molecule has 1 aliphatic heterocycles. The average molecular weight is 374 g/mol. The molecule has 0 unspecified atom stereocenters. The minimum atomic E-state index is -0.136. The lowest BCUT2D eigenvalue weighted by molar-refractivity contribution is -0.115. The first-order chi connectivity index (χ1) is 13.3. The molecule has 1 saturated heterocycles. The summed E-state index contributed by atoms with van der Waals surface area (Å²) in [6.07, 6.45) is 1.73. The third kappa shape index (κ3) is 5.36. The van der Waals surface area contributed by atoms with Crippen LogP contribution < -0.4 is 15.5 Å². The predicted molar refractivity (Wildman–Crippen MR) is 104 cm³/mol. The van der Waals surface area contributed by atoms with Crippen molar-refractivity contribution in [1.29, 1.82) is 0 Å². The summed E-state index contributed by atoms with van der Waals surface area (Å²) in [6, 6.07) is 7.87. The zero-order chi connectivity index (χ0) is 18.9. The Kier molecular flexibility index (Phi) is 7.35. The SMILES string of the molecule is O=C(CNCCOCCO)Nc1ccc(N2CCOCC2)c2cccnc12. The van der Waals surface area contributed by atoms with Crippen molar-refractivity contribution in [2.45, 2.75) is 0 Å². The molecule has 0 bridgehead atoms. The fraction of sp³-hybridized carbons (Fsp3) is 0.474. The van der Waals surface area contributed by atoms with Crippen LogP contribution in [0, 0.1) is 0 Å². The van der Waals surface area contributed by atoms with Crippen LogP contribution in [0.2, 0.25) is 0 Å². The highest BCUT2D eigenvalue weighted by Crippen LogP contribution is 2.31. The minimum Gasteiger partial charge on any atom is -0.394 e. The van der Waals surface area contributed by atoms with Gasteiger partial charge in [0.25, 0.3) is 0 Å². The van der Waals surface area contributed by atoms with Gasteiger partial charge in [0.1, 0.15) is 0 Å². The molecular weight excluding hydrogens is 348 g/mol. The third-order valence-electron chi connectivity index (χ3n) is 4.32. The summed E-state index contributed by atoms with van der Waals surface area (Å²) in [5.74, 6) is -0.136. The molecule has 2 heterocycles. The Hall–Kier alpha value is -2.26. The normalized spacial score (nSPS) is 14.5. The first-order valence-electron chi connectivity index (χ1n) is 9.19. The molecular formula is C19H26N4O4. The van der Waals surface area contributed by atoms with Gasteiger partial charge in [-0.1, -0.05) is 0 Å². The fourth-order valence-corrected chi connectivity index (χ4v) is 3.05. The maximum Gasteiger partial charge on any atom is 0.238 e. The van der Waals surface area contributed by atoms with Gasteiger partial charge in [-0.2, -0.15) is 0 Å². The van der Waals surface area contributed by atoms with E-state index in [0.29, 0.717) is 38.7 Å². The van der Waals surface area contributed by atoms with Gasteiger partial charge in [-0.15, -0.1) is 0 Å². The van der Waals surface area contributed by atoms with Crippen LogP contribution in [0.4, 0.5) is 11.4 Å². The minimum absolute atomic E-state index is 0.00100. The number of carbonyl (C=O) groups is 1. The number of hydrogen-bond donors (Lipinski definition) is 3. The monoisotopic (exact) mass is 374 g/mol. The highest BCUT2D eigenvalue weighted by atomic mass is 16.5. The Morgan fingerprint density at radius 2 is 2.11 bits per heavy atom. The summed E-state index contributed by atoms with van der Waals surface area (Å²) in [5.41, 5.74) is 2.59. The molecule has 8 heteroatoms. The molecule has 1 aromatic heterocycles. The number of aromatic nitrogens is 1. The second-order valence-electron chi connectivity index (χ2n) is 6.19. The molecule has 1 aliphatic rings. The molecule has 3 N–H and O–H groups in total. The van der Waals surface area contributed by atoms with Crippen molar-refractivity contribution < 1.29 is 19.4 Å². The molecule has 27 heavy (non-hydrogen) atoms. The summed E-state index contributed by atoms with van der Waals surface area (Å²) >= 11 is 0. The number of amides is 1. The molecule has 1 amide bonds. The molecule has 3 rings (SSSR count). The van der Waals surface area contributed by atoms with Crippen molar-refractivity contribution in [2.75, 3.05) is 69.4 Å². The van der Waals surface area contributed by atoms with E-state index in [9.17, 15) is 4.79 Å². The number of benzene rings is 1. The van der Waals surface area contributed by atoms with Crippen molar-refractivity contribution in [3.05, 3.63) is 30.5 Å². The number of aliphatic hydroxyl groups is 1. The average Bonchev–Trinajstić information content (AvgIpc) is 2.71. The number of morpholine rings is 1. The van der Waals surface area contributed by atoms with E-state index in [-0.39, 0.29) is 19.1 Å². The number of fused-ring (bicyclic) bond motifs is 1. The number of aliphatic hydroxyl groups excluding tert-OH is 1. The van der Waals surface area contributed by atoms with Gasteiger partial charge in [0.05, 0.1) is 50.8 Å². The van der Waals surface area contributed by atoms with Crippen LogP contribution in [0.3, 0.4) is 0 Å². The van der Waals surface area contributed by atoms with Crippen LogP contribution in [0.15, 0.2) is 30.5 Å².